The Morgan fingerprint density at radius 1 is 1.67 bits per heavy atom. The maximum absolute atomic E-state index is 8.51. The number of aliphatic hydroxyl groups excluding tert-OH is 1. The Bertz CT molecular complexity index is 129. The van der Waals surface area contributed by atoms with Crippen LogP contribution in [-0.4, -0.2) is 29.7 Å². The molecule has 0 saturated heterocycles. The van der Waals surface area contributed by atoms with Crippen molar-refractivity contribution in [3.05, 3.63) is 24.4 Å². The van der Waals surface area contributed by atoms with Crippen LogP contribution in [0, 0.1) is 6.08 Å². The second kappa shape index (κ2) is 3.23. The van der Waals surface area contributed by atoms with Crippen LogP contribution in [-0.2, 0) is 0 Å². The summed E-state index contributed by atoms with van der Waals surface area (Å²) in [6.45, 7) is 1.81. The summed E-state index contributed by atoms with van der Waals surface area (Å²) in [7, 11) is 0. The van der Waals surface area contributed by atoms with Gasteiger partial charge in [0, 0.05) is 0 Å². The zero-order valence-electron chi connectivity index (χ0n) is 5.25. The van der Waals surface area contributed by atoms with Gasteiger partial charge in [0.25, 0.3) is 0 Å². The third-order valence-corrected chi connectivity index (χ3v) is 1.21. The van der Waals surface area contributed by atoms with Gasteiger partial charge in [0.2, 0.25) is 0 Å². The summed E-state index contributed by atoms with van der Waals surface area (Å²) >= 11 is 0. The van der Waals surface area contributed by atoms with E-state index in [1.165, 1.54) is 0 Å². The Morgan fingerprint density at radius 2 is 2.56 bits per heavy atom. The molecule has 0 amide bonds. The molecule has 0 radical (unpaired) electrons. The molecule has 0 atom stereocenters. The summed E-state index contributed by atoms with van der Waals surface area (Å²) in [4.78, 5) is 2.02. The van der Waals surface area contributed by atoms with Crippen molar-refractivity contribution in [1.29, 1.82) is 0 Å². The molecule has 1 rings (SSSR count). The molecule has 0 aromatic heterocycles. The van der Waals surface area contributed by atoms with Gasteiger partial charge in [0.15, 0.2) is 6.08 Å². The van der Waals surface area contributed by atoms with Gasteiger partial charge < -0.3 is 5.11 Å². The molecule has 0 aromatic carbocycles. The van der Waals surface area contributed by atoms with E-state index in [2.05, 4.69) is 6.08 Å². The highest BCUT2D eigenvalue weighted by Gasteiger charge is 2.03. The molecule has 2 heteroatoms. The van der Waals surface area contributed by atoms with Crippen molar-refractivity contribution in [3.63, 3.8) is 0 Å². The summed E-state index contributed by atoms with van der Waals surface area (Å²) in [6.07, 6.45) is 8.66. The summed E-state index contributed by atoms with van der Waals surface area (Å²) in [5, 5.41) is 8.51. The molecule has 1 aliphatic rings. The van der Waals surface area contributed by atoms with Crippen molar-refractivity contribution >= 4 is 0 Å². The van der Waals surface area contributed by atoms with Gasteiger partial charge >= 0.3 is 0 Å². The maximum Gasteiger partial charge on any atom is 0.176 e. The molecule has 2 nitrogen and oxygen atoms in total. The van der Waals surface area contributed by atoms with Crippen molar-refractivity contribution in [2.75, 3.05) is 19.7 Å². The molecule has 0 spiro atoms. The van der Waals surface area contributed by atoms with Crippen molar-refractivity contribution in [2.45, 2.75) is 0 Å². The van der Waals surface area contributed by atoms with Gasteiger partial charge in [-0.05, 0) is 0 Å². The van der Waals surface area contributed by atoms with Crippen LogP contribution in [0.15, 0.2) is 18.4 Å². The fourth-order valence-corrected chi connectivity index (χ4v) is 0.742. The Kier molecular flexibility index (Phi) is 2.25. The zero-order valence-corrected chi connectivity index (χ0v) is 5.25. The first kappa shape index (κ1) is 6.27. The average Bonchev–Trinajstić information content (AvgIpc) is 1.91. The van der Waals surface area contributed by atoms with E-state index in [4.69, 9.17) is 5.11 Å². The molecule has 1 N–H and O–H groups in total. The van der Waals surface area contributed by atoms with Crippen LogP contribution < -0.4 is 0 Å². The first-order chi connectivity index (χ1) is 4.43. The predicted octanol–water partition coefficient (Wildman–Crippen LogP) is 0.167. The summed E-state index contributed by atoms with van der Waals surface area (Å²) in [5.41, 5.74) is 0. The maximum atomic E-state index is 8.51. The van der Waals surface area contributed by atoms with E-state index in [0.717, 1.165) is 6.54 Å². The lowest BCUT2D eigenvalue weighted by Gasteiger charge is -2.10. The molecule has 1 aliphatic heterocycles. The molecule has 0 aliphatic carbocycles. The molecule has 0 bridgehead atoms. The lowest BCUT2D eigenvalue weighted by Crippen LogP contribution is -2.22. The van der Waals surface area contributed by atoms with Crippen molar-refractivity contribution in [3.8, 4) is 0 Å². The van der Waals surface area contributed by atoms with Crippen LogP contribution in [0.4, 0.5) is 0 Å². The lowest BCUT2D eigenvalue weighted by molar-refractivity contribution is 0.244. The predicted molar refractivity (Wildman–Crippen MR) is 35.6 cm³/mol. The third-order valence-electron chi connectivity index (χ3n) is 1.21. The molecule has 1 heterocycles. The second-order valence-electron chi connectivity index (χ2n) is 1.91. The van der Waals surface area contributed by atoms with Crippen LogP contribution >= 0.6 is 0 Å². The van der Waals surface area contributed by atoms with Crippen molar-refractivity contribution < 1.29 is 5.11 Å². The normalized spacial score (nSPS) is 15.9. The van der Waals surface area contributed by atoms with Crippen LogP contribution in [0.3, 0.4) is 0 Å². The number of rotatable bonds is 2. The average molecular weight is 124 g/mol. The highest BCUT2D eigenvalue weighted by molar-refractivity contribution is 5.02. The minimum Gasteiger partial charge on any atom is -0.394 e. The van der Waals surface area contributed by atoms with E-state index in [1.54, 1.807) is 0 Å². The molecule has 0 unspecified atom stereocenters. The van der Waals surface area contributed by atoms with Crippen molar-refractivity contribution in [1.82, 2.24) is 4.90 Å². The largest absolute Gasteiger partial charge is 0.394 e. The SMILES string of the molecule is OCCN1C=C[C+]=CC1. The Balaban J connectivity index is 2.28. The highest BCUT2D eigenvalue weighted by Crippen LogP contribution is 1.95. The molecule has 0 saturated carbocycles. The van der Waals surface area contributed by atoms with Crippen molar-refractivity contribution in [2.24, 2.45) is 0 Å². The van der Waals surface area contributed by atoms with E-state index in [9.17, 15) is 0 Å². The van der Waals surface area contributed by atoms with Gasteiger partial charge in [0.1, 0.15) is 6.20 Å². The fraction of sp³-hybridized carbons (Fsp3) is 0.429. The van der Waals surface area contributed by atoms with Crippen LogP contribution in [0.2, 0.25) is 0 Å². The first-order valence-corrected chi connectivity index (χ1v) is 3.03. The number of hydrogen-bond donors (Lipinski definition) is 1. The summed E-state index contributed by atoms with van der Waals surface area (Å²) in [6, 6.07) is 0. The topological polar surface area (TPSA) is 23.5 Å². The molecule has 0 fully saturated rings. The van der Waals surface area contributed by atoms with Gasteiger partial charge in [0.05, 0.1) is 31.8 Å². The number of aliphatic hydroxyl groups is 1. The second-order valence-corrected chi connectivity index (χ2v) is 1.91. The van der Waals surface area contributed by atoms with Gasteiger partial charge in [-0.2, -0.15) is 0 Å². The van der Waals surface area contributed by atoms with E-state index < -0.39 is 0 Å². The number of hydrogen-bond acceptors (Lipinski definition) is 2. The number of β-amino-alcohol motifs (C(OH)–C–C–N with tert-alkyl or cyclic N) is 1. The smallest absolute Gasteiger partial charge is 0.176 e. The van der Waals surface area contributed by atoms with E-state index in [0.29, 0.717) is 6.54 Å². The van der Waals surface area contributed by atoms with E-state index in [-0.39, 0.29) is 6.61 Å². The number of nitrogens with zero attached hydrogens (tertiary/aromatic N) is 1. The highest BCUT2D eigenvalue weighted by atomic mass is 16.3. The Hall–Kier alpha value is -0.850. The summed E-state index contributed by atoms with van der Waals surface area (Å²) < 4.78 is 0. The first-order valence-electron chi connectivity index (χ1n) is 3.03. The van der Waals surface area contributed by atoms with Gasteiger partial charge in [-0.15, -0.1) is 0 Å². The van der Waals surface area contributed by atoms with E-state index >= 15 is 0 Å². The summed E-state index contributed by atoms with van der Waals surface area (Å²) in [5.74, 6) is 0. The third kappa shape index (κ3) is 1.84. The van der Waals surface area contributed by atoms with Crippen LogP contribution in [0.5, 0.6) is 0 Å². The Labute approximate surface area is 55.1 Å². The molecule has 48 valence electrons. The van der Waals surface area contributed by atoms with Gasteiger partial charge in [-0.25, -0.2) is 0 Å². The zero-order chi connectivity index (χ0) is 6.53. The monoisotopic (exact) mass is 124 g/mol. The quantitative estimate of drug-likeness (QED) is 0.530. The molecular weight excluding hydrogens is 114 g/mol. The molecule has 9 heavy (non-hydrogen) atoms. The van der Waals surface area contributed by atoms with Crippen LogP contribution in [0.25, 0.3) is 0 Å². The van der Waals surface area contributed by atoms with Gasteiger partial charge in [-0.1, -0.05) is 0 Å². The molecule has 0 aromatic rings. The van der Waals surface area contributed by atoms with E-state index in [1.807, 2.05) is 23.3 Å². The number of allylic oxidation sites excluding steroid dienone is 2. The Morgan fingerprint density at radius 3 is 3.11 bits per heavy atom. The lowest BCUT2D eigenvalue weighted by atomic mass is 10.3. The van der Waals surface area contributed by atoms with Crippen LogP contribution in [0.1, 0.15) is 0 Å². The fourth-order valence-electron chi connectivity index (χ4n) is 0.742. The minimum absolute atomic E-state index is 0.220. The minimum atomic E-state index is 0.220. The molecular formula is C7H10NO+. The van der Waals surface area contributed by atoms with Gasteiger partial charge in [-0.3, -0.25) is 4.90 Å². The standard InChI is InChI=1S/C7H10NO/c9-7-6-8-4-2-1-3-5-8/h2-4,9H,5-7H2/q+1.